The monoisotopic (exact) mass is 716 g/mol. The number of anilines is 2. The molecule has 4 atom stereocenters. The second-order valence-electron chi connectivity index (χ2n) is 13.2. The first-order valence-corrected chi connectivity index (χ1v) is 18.8. The number of carbonyl (C=O) groups is 2. The Labute approximate surface area is 300 Å². The third-order valence-electron chi connectivity index (χ3n) is 9.24. The van der Waals surface area contributed by atoms with E-state index in [1.807, 2.05) is 56.3 Å². The fraction of sp³-hybridized carbons (Fsp3) is 0.385. The molecule has 3 amide bonds. The van der Waals surface area contributed by atoms with Crippen molar-refractivity contribution in [3.8, 4) is 5.75 Å². The number of rotatable bonds is 8. The van der Waals surface area contributed by atoms with Gasteiger partial charge >= 0.3 is 6.03 Å². The van der Waals surface area contributed by atoms with Gasteiger partial charge in [0.2, 0.25) is 10.0 Å². The highest BCUT2D eigenvalue weighted by Gasteiger charge is 2.32. The SMILES string of the molecule is C[C@@H]1CCCCO[C@H](CN(C)S(=O)(=O)c2ccccc2)[C@H](C)CN([C@@H](C)CO)C(=O)c2cc(NC(=O)Nc3cccc4ccccc34)ccc2O1. The van der Waals surface area contributed by atoms with E-state index in [9.17, 15) is 23.1 Å². The zero-order chi connectivity index (χ0) is 36.5. The highest BCUT2D eigenvalue weighted by Crippen LogP contribution is 2.29. The van der Waals surface area contributed by atoms with Crippen molar-refractivity contribution in [3.63, 3.8) is 0 Å². The zero-order valence-corrected chi connectivity index (χ0v) is 30.4. The predicted molar refractivity (Wildman–Crippen MR) is 200 cm³/mol. The van der Waals surface area contributed by atoms with E-state index in [1.165, 1.54) is 11.4 Å². The summed E-state index contributed by atoms with van der Waals surface area (Å²) in [4.78, 5) is 29.4. The summed E-state index contributed by atoms with van der Waals surface area (Å²) in [7, 11) is -2.25. The van der Waals surface area contributed by atoms with Crippen LogP contribution in [0.2, 0.25) is 0 Å². The molecule has 51 heavy (non-hydrogen) atoms. The average molecular weight is 717 g/mol. The van der Waals surface area contributed by atoms with Crippen molar-refractivity contribution in [1.29, 1.82) is 0 Å². The zero-order valence-electron chi connectivity index (χ0n) is 29.6. The molecule has 0 spiro atoms. The lowest BCUT2D eigenvalue weighted by molar-refractivity contribution is -0.00833. The number of urea groups is 1. The fourth-order valence-electron chi connectivity index (χ4n) is 6.21. The molecule has 0 aliphatic carbocycles. The lowest BCUT2D eigenvalue weighted by atomic mass is 10.0. The van der Waals surface area contributed by atoms with Gasteiger partial charge in [-0.05, 0) is 74.9 Å². The molecular formula is C39H48N4O7S. The van der Waals surface area contributed by atoms with Gasteiger partial charge in [0.15, 0.2) is 0 Å². The molecule has 11 nitrogen and oxygen atoms in total. The van der Waals surface area contributed by atoms with Crippen molar-refractivity contribution in [1.82, 2.24) is 9.21 Å². The summed E-state index contributed by atoms with van der Waals surface area (Å²) in [5, 5.41) is 17.9. The first-order valence-electron chi connectivity index (χ1n) is 17.4. The highest BCUT2D eigenvalue weighted by atomic mass is 32.2. The molecule has 1 aliphatic heterocycles. The van der Waals surface area contributed by atoms with Crippen molar-refractivity contribution in [2.45, 2.75) is 63.2 Å². The van der Waals surface area contributed by atoms with Crippen LogP contribution in [-0.2, 0) is 14.8 Å². The van der Waals surface area contributed by atoms with Crippen LogP contribution in [0.1, 0.15) is 50.4 Å². The quantitative estimate of drug-likeness (QED) is 0.187. The van der Waals surface area contributed by atoms with Crippen molar-refractivity contribution in [2.24, 2.45) is 5.92 Å². The summed E-state index contributed by atoms with van der Waals surface area (Å²) in [5.74, 6) is -0.353. The number of nitrogens with one attached hydrogen (secondary N) is 2. The molecule has 0 radical (unpaired) electrons. The molecule has 4 aromatic rings. The van der Waals surface area contributed by atoms with Gasteiger partial charge in [-0.25, -0.2) is 13.2 Å². The van der Waals surface area contributed by atoms with Gasteiger partial charge in [0.25, 0.3) is 5.91 Å². The maximum absolute atomic E-state index is 14.5. The van der Waals surface area contributed by atoms with Crippen LogP contribution in [0.3, 0.4) is 0 Å². The molecule has 1 heterocycles. The first-order chi connectivity index (χ1) is 24.5. The van der Waals surface area contributed by atoms with Gasteiger partial charge in [0.1, 0.15) is 5.75 Å². The number of likely N-dealkylation sites (N-methyl/N-ethyl adjacent to an activating group) is 1. The maximum Gasteiger partial charge on any atom is 0.323 e. The van der Waals surface area contributed by atoms with E-state index in [2.05, 4.69) is 10.6 Å². The summed E-state index contributed by atoms with van der Waals surface area (Å²) in [6, 6.07) is 25.6. The first kappa shape index (κ1) is 37.8. The minimum absolute atomic E-state index is 0.0733. The van der Waals surface area contributed by atoms with E-state index in [0.717, 1.165) is 23.6 Å². The van der Waals surface area contributed by atoms with E-state index in [4.69, 9.17) is 9.47 Å². The molecule has 0 unspecified atom stereocenters. The van der Waals surface area contributed by atoms with Crippen LogP contribution in [0.25, 0.3) is 10.8 Å². The number of nitrogens with zero attached hydrogens (tertiary/aromatic N) is 2. The summed E-state index contributed by atoms with van der Waals surface area (Å²) in [6.45, 7) is 5.95. The maximum atomic E-state index is 14.5. The van der Waals surface area contributed by atoms with E-state index >= 15 is 0 Å². The highest BCUT2D eigenvalue weighted by molar-refractivity contribution is 7.89. The van der Waals surface area contributed by atoms with Crippen LogP contribution in [0.15, 0.2) is 95.9 Å². The Morgan fingerprint density at radius 2 is 1.71 bits per heavy atom. The molecule has 3 N–H and O–H groups in total. The summed E-state index contributed by atoms with van der Waals surface area (Å²) in [5.41, 5.74) is 1.26. The van der Waals surface area contributed by atoms with E-state index in [0.29, 0.717) is 30.2 Å². The molecule has 1 aliphatic rings. The molecule has 4 aromatic carbocycles. The third-order valence-corrected chi connectivity index (χ3v) is 11.1. The number of amides is 3. The van der Waals surface area contributed by atoms with Gasteiger partial charge in [0, 0.05) is 43.7 Å². The lowest BCUT2D eigenvalue weighted by Gasteiger charge is -2.35. The van der Waals surface area contributed by atoms with Gasteiger partial charge in [-0.2, -0.15) is 4.31 Å². The smallest absolute Gasteiger partial charge is 0.323 e. The van der Waals surface area contributed by atoms with Crippen LogP contribution in [-0.4, -0.2) is 86.3 Å². The summed E-state index contributed by atoms with van der Waals surface area (Å²) in [6.07, 6.45) is 1.46. The summed E-state index contributed by atoms with van der Waals surface area (Å²) >= 11 is 0. The number of fused-ring (bicyclic) bond motifs is 2. The minimum atomic E-state index is -3.78. The Balaban J connectivity index is 1.42. The second-order valence-corrected chi connectivity index (χ2v) is 15.3. The lowest BCUT2D eigenvalue weighted by Crippen LogP contribution is -2.48. The van der Waals surface area contributed by atoms with Crippen molar-refractivity contribution >= 4 is 44.1 Å². The molecule has 5 rings (SSSR count). The van der Waals surface area contributed by atoms with E-state index in [-0.39, 0.29) is 42.2 Å². The van der Waals surface area contributed by atoms with Crippen molar-refractivity contribution in [2.75, 3.05) is 44.0 Å². The van der Waals surface area contributed by atoms with Gasteiger partial charge < -0.3 is 30.1 Å². The van der Waals surface area contributed by atoms with Crippen LogP contribution < -0.4 is 15.4 Å². The van der Waals surface area contributed by atoms with Gasteiger partial charge in [-0.15, -0.1) is 0 Å². The standard InChI is InChI=1S/C39H48N4O7S/c1-27-24-43(28(2)26-44)38(45)34-23-31(40-39(46)41-35-19-12-15-30-14-8-9-18-33(30)35)20-21-36(34)50-29(3)13-10-11-22-49-37(27)25-42(4)51(47,48)32-16-6-5-7-17-32/h5-9,12,14-21,23,27-29,37,44H,10-11,13,22,24-26H2,1-4H3,(H2,40,41,46)/t27-,28+,29-,37-/m1/s1. The Morgan fingerprint density at radius 3 is 2.47 bits per heavy atom. The molecule has 272 valence electrons. The predicted octanol–water partition coefficient (Wildman–Crippen LogP) is 6.60. The number of carbonyl (C=O) groups excluding carboxylic acids is 2. The third kappa shape index (κ3) is 9.44. The normalized spacial score (nSPS) is 19.8. The number of ether oxygens (including phenoxy) is 2. The van der Waals surface area contributed by atoms with E-state index in [1.54, 1.807) is 60.4 Å². The van der Waals surface area contributed by atoms with Crippen molar-refractivity contribution in [3.05, 3.63) is 96.6 Å². The van der Waals surface area contributed by atoms with Gasteiger partial charge in [-0.1, -0.05) is 61.5 Å². The van der Waals surface area contributed by atoms with Crippen molar-refractivity contribution < 1.29 is 32.6 Å². The topological polar surface area (TPSA) is 138 Å². The number of benzene rings is 4. The Bertz CT molecular complexity index is 1900. The number of aliphatic hydroxyl groups excluding tert-OH is 1. The molecule has 0 saturated heterocycles. The molecule has 0 fully saturated rings. The fourth-order valence-corrected chi connectivity index (χ4v) is 7.41. The number of hydrogen-bond acceptors (Lipinski definition) is 7. The molecule has 0 aromatic heterocycles. The van der Waals surface area contributed by atoms with Crippen LogP contribution in [0, 0.1) is 5.92 Å². The van der Waals surface area contributed by atoms with Gasteiger partial charge in [0.05, 0.1) is 41.0 Å². The Morgan fingerprint density at radius 1 is 0.980 bits per heavy atom. The molecule has 0 saturated carbocycles. The minimum Gasteiger partial charge on any atom is -0.490 e. The summed E-state index contributed by atoms with van der Waals surface area (Å²) < 4.78 is 40.8. The average Bonchev–Trinajstić information content (AvgIpc) is 3.13. The Kier molecular flexibility index (Phi) is 12.7. The Hall–Kier alpha value is -4.49. The second kappa shape index (κ2) is 17.1. The van der Waals surface area contributed by atoms with Crippen LogP contribution in [0.4, 0.5) is 16.2 Å². The number of sulfonamides is 1. The van der Waals surface area contributed by atoms with E-state index < -0.39 is 34.1 Å². The van der Waals surface area contributed by atoms with Crippen LogP contribution in [0.5, 0.6) is 5.75 Å². The molecular weight excluding hydrogens is 669 g/mol. The van der Waals surface area contributed by atoms with Gasteiger partial charge in [-0.3, -0.25) is 4.79 Å². The molecule has 0 bridgehead atoms. The largest absolute Gasteiger partial charge is 0.490 e. The van der Waals surface area contributed by atoms with Crippen LogP contribution >= 0.6 is 0 Å². The molecule has 12 heteroatoms. The number of aliphatic hydroxyl groups is 1. The number of hydrogen-bond donors (Lipinski definition) is 3.